The average molecular weight is 342 g/mol. The van der Waals surface area contributed by atoms with Crippen molar-refractivity contribution in [2.24, 2.45) is 0 Å². The fraction of sp³-hybridized carbons (Fsp3) is 0. The number of thiophene rings is 1. The third kappa shape index (κ3) is 2.55. The number of aromatic amines is 1. The molecule has 25 heavy (non-hydrogen) atoms. The third-order valence-electron chi connectivity index (χ3n) is 4.16. The van der Waals surface area contributed by atoms with Crippen molar-refractivity contribution < 1.29 is 0 Å². The van der Waals surface area contributed by atoms with Crippen LogP contribution in [0.3, 0.4) is 0 Å². The maximum atomic E-state index is 4.51. The minimum atomic E-state index is 0.977. The maximum absolute atomic E-state index is 4.51. The summed E-state index contributed by atoms with van der Waals surface area (Å²) < 4.78 is 1.14. The van der Waals surface area contributed by atoms with Gasteiger partial charge in [0, 0.05) is 35.2 Å². The topological polar surface area (TPSA) is 53.6 Å². The van der Waals surface area contributed by atoms with Crippen LogP contribution in [0.2, 0.25) is 0 Å². The van der Waals surface area contributed by atoms with Crippen LogP contribution in [0.5, 0.6) is 0 Å². The zero-order valence-electron chi connectivity index (χ0n) is 13.2. The van der Waals surface area contributed by atoms with E-state index in [1.165, 1.54) is 5.39 Å². The van der Waals surface area contributed by atoms with E-state index in [0.717, 1.165) is 37.7 Å². The number of nitrogens with one attached hydrogen (secondary N) is 2. The zero-order valence-corrected chi connectivity index (χ0v) is 14.0. The molecular weight excluding hydrogens is 328 g/mol. The van der Waals surface area contributed by atoms with E-state index < -0.39 is 0 Å². The number of pyridine rings is 2. The van der Waals surface area contributed by atoms with Gasteiger partial charge in [0.1, 0.15) is 0 Å². The molecule has 1 aromatic carbocycles. The summed E-state index contributed by atoms with van der Waals surface area (Å²) in [4.78, 5) is 13.3. The lowest BCUT2D eigenvalue weighted by Crippen LogP contribution is -1.90. The van der Waals surface area contributed by atoms with Crippen LogP contribution in [0.25, 0.3) is 31.7 Å². The van der Waals surface area contributed by atoms with Crippen molar-refractivity contribution in [3.8, 4) is 10.6 Å². The zero-order chi connectivity index (χ0) is 16.6. The Morgan fingerprint density at radius 3 is 2.84 bits per heavy atom. The molecule has 0 amide bonds. The fourth-order valence-corrected chi connectivity index (χ4v) is 4.02. The van der Waals surface area contributed by atoms with Crippen molar-refractivity contribution >= 4 is 43.8 Å². The first-order valence-electron chi connectivity index (χ1n) is 8.01. The smallest absolute Gasteiger partial charge is 0.0837 e. The van der Waals surface area contributed by atoms with Crippen LogP contribution in [0.1, 0.15) is 0 Å². The van der Waals surface area contributed by atoms with E-state index >= 15 is 0 Å². The summed E-state index contributed by atoms with van der Waals surface area (Å²) in [6.07, 6.45) is 5.62. The van der Waals surface area contributed by atoms with Crippen LogP contribution in [-0.2, 0) is 0 Å². The summed E-state index contributed by atoms with van der Waals surface area (Å²) in [6, 6.07) is 18.5. The van der Waals surface area contributed by atoms with Gasteiger partial charge in [-0.1, -0.05) is 6.07 Å². The number of nitrogens with zero attached hydrogens (tertiary/aromatic N) is 2. The summed E-state index contributed by atoms with van der Waals surface area (Å²) in [7, 11) is 0. The third-order valence-corrected chi connectivity index (χ3v) is 5.34. The number of rotatable bonds is 3. The minimum Gasteiger partial charge on any atom is -0.361 e. The van der Waals surface area contributed by atoms with Gasteiger partial charge in [-0.2, -0.15) is 0 Å². The lowest BCUT2D eigenvalue weighted by Gasteiger charge is -2.07. The molecule has 0 bridgehead atoms. The minimum absolute atomic E-state index is 0.977. The van der Waals surface area contributed by atoms with Gasteiger partial charge in [-0.25, -0.2) is 0 Å². The molecule has 0 fully saturated rings. The summed E-state index contributed by atoms with van der Waals surface area (Å²) in [5.74, 6) is 0. The van der Waals surface area contributed by atoms with Gasteiger partial charge in [0.25, 0.3) is 0 Å². The standard InChI is InChI=1S/C20H14N4S/c1-2-8-21-16(3-1)19-12-18-20(25-19)17(7-10-23-18)24-14-4-5-15-13(11-14)6-9-22-15/h1-12,22H,(H,23,24). The Balaban J connectivity index is 1.57. The van der Waals surface area contributed by atoms with Crippen LogP contribution in [0.4, 0.5) is 11.4 Å². The number of H-pyrrole nitrogens is 1. The number of hydrogen-bond acceptors (Lipinski definition) is 4. The van der Waals surface area contributed by atoms with Crippen molar-refractivity contribution in [2.45, 2.75) is 0 Å². The van der Waals surface area contributed by atoms with Gasteiger partial charge in [-0.3, -0.25) is 9.97 Å². The van der Waals surface area contributed by atoms with E-state index in [-0.39, 0.29) is 0 Å². The second-order valence-electron chi connectivity index (χ2n) is 5.80. The van der Waals surface area contributed by atoms with Gasteiger partial charge in [-0.15, -0.1) is 11.3 Å². The molecule has 5 heteroatoms. The number of fused-ring (bicyclic) bond motifs is 2. The molecule has 0 aliphatic carbocycles. The van der Waals surface area contributed by atoms with Gasteiger partial charge in [0.15, 0.2) is 0 Å². The fourth-order valence-electron chi connectivity index (χ4n) is 2.96. The van der Waals surface area contributed by atoms with Crippen molar-refractivity contribution in [2.75, 3.05) is 5.32 Å². The monoisotopic (exact) mass is 342 g/mol. The SMILES string of the molecule is c1ccc(-c2cc3nccc(Nc4ccc5[nH]ccc5c4)c3s2)nc1. The molecule has 0 spiro atoms. The Hall–Kier alpha value is -3.18. The van der Waals surface area contributed by atoms with E-state index in [9.17, 15) is 0 Å². The summed E-state index contributed by atoms with van der Waals surface area (Å²) in [5.41, 5.74) is 5.22. The molecule has 0 radical (unpaired) electrons. The molecule has 120 valence electrons. The number of benzene rings is 1. The van der Waals surface area contributed by atoms with Gasteiger partial charge in [-0.05, 0) is 48.5 Å². The molecule has 4 heterocycles. The Labute approximate surface area is 148 Å². The molecule has 4 aromatic heterocycles. The maximum Gasteiger partial charge on any atom is 0.0837 e. The van der Waals surface area contributed by atoms with Crippen molar-refractivity contribution in [1.82, 2.24) is 15.0 Å². The number of aromatic nitrogens is 3. The molecule has 4 nitrogen and oxygen atoms in total. The predicted octanol–water partition coefficient (Wildman–Crippen LogP) is 5.58. The predicted molar refractivity (Wildman–Crippen MR) is 104 cm³/mol. The highest BCUT2D eigenvalue weighted by molar-refractivity contribution is 7.22. The largest absolute Gasteiger partial charge is 0.361 e. The highest BCUT2D eigenvalue weighted by atomic mass is 32.1. The summed E-state index contributed by atoms with van der Waals surface area (Å²) >= 11 is 1.71. The van der Waals surface area contributed by atoms with E-state index in [2.05, 4.69) is 50.6 Å². The van der Waals surface area contributed by atoms with E-state index in [1.807, 2.05) is 42.9 Å². The first kappa shape index (κ1) is 14.2. The molecule has 0 aliphatic rings. The Bertz CT molecular complexity index is 1170. The summed E-state index contributed by atoms with van der Waals surface area (Å²) in [5, 5.41) is 4.72. The van der Waals surface area contributed by atoms with Gasteiger partial charge >= 0.3 is 0 Å². The number of anilines is 2. The summed E-state index contributed by atoms with van der Waals surface area (Å²) in [6.45, 7) is 0. The highest BCUT2D eigenvalue weighted by Gasteiger charge is 2.10. The Morgan fingerprint density at radius 2 is 1.92 bits per heavy atom. The van der Waals surface area contributed by atoms with Crippen LogP contribution in [-0.4, -0.2) is 15.0 Å². The Kier molecular flexibility index (Phi) is 3.24. The highest BCUT2D eigenvalue weighted by Crippen LogP contribution is 2.36. The molecule has 0 unspecified atom stereocenters. The molecule has 0 saturated heterocycles. The molecular formula is C20H14N4S. The van der Waals surface area contributed by atoms with Crippen LogP contribution in [0, 0.1) is 0 Å². The van der Waals surface area contributed by atoms with Crippen molar-refractivity contribution in [1.29, 1.82) is 0 Å². The molecule has 0 saturated carbocycles. The average Bonchev–Trinajstić information content (AvgIpc) is 3.29. The lowest BCUT2D eigenvalue weighted by atomic mass is 10.2. The molecule has 2 N–H and O–H groups in total. The van der Waals surface area contributed by atoms with E-state index in [4.69, 9.17) is 0 Å². The lowest BCUT2D eigenvalue weighted by molar-refractivity contribution is 1.34. The van der Waals surface area contributed by atoms with Crippen LogP contribution in [0.15, 0.2) is 73.2 Å². The first-order valence-corrected chi connectivity index (χ1v) is 8.83. The van der Waals surface area contributed by atoms with Gasteiger partial charge in [0.05, 0.1) is 26.5 Å². The molecule has 5 aromatic rings. The first-order chi connectivity index (χ1) is 12.4. The normalized spacial score (nSPS) is 11.2. The van der Waals surface area contributed by atoms with E-state index in [0.29, 0.717) is 0 Å². The van der Waals surface area contributed by atoms with E-state index in [1.54, 1.807) is 11.3 Å². The second-order valence-corrected chi connectivity index (χ2v) is 6.86. The molecule has 0 atom stereocenters. The van der Waals surface area contributed by atoms with Crippen molar-refractivity contribution in [3.05, 3.63) is 73.2 Å². The van der Waals surface area contributed by atoms with Crippen LogP contribution >= 0.6 is 11.3 Å². The second kappa shape index (κ2) is 5.72. The molecule has 0 aliphatic heterocycles. The van der Waals surface area contributed by atoms with Crippen LogP contribution < -0.4 is 5.32 Å². The quantitative estimate of drug-likeness (QED) is 0.450. The van der Waals surface area contributed by atoms with Gasteiger partial charge < -0.3 is 10.3 Å². The molecule has 5 rings (SSSR count). The van der Waals surface area contributed by atoms with Crippen molar-refractivity contribution in [3.63, 3.8) is 0 Å². The van der Waals surface area contributed by atoms with Gasteiger partial charge in [0.2, 0.25) is 0 Å². The Morgan fingerprint density at radius 1 is 0.920 bits per heavy atom. The number of hydrogen-bond donors (Lipinski definition) is 2.